The van der Waals surface area contributed by atoms with E-state index in [-0.39, 0.29) is 11.9 Å². The predicted molar refractivity (Wildman–Crippen MR) is 100 cm³/mol. The highest BCUT2D eigenvalue weighted by Crippen LogP contribution is 2.22. The van der Waals surface area contributed by atoms with Crippen molar-refractivity contribution in [1.82, 2.24) is 5.32 Å². The monoisotopic (exact) mass is 341 g/mol. The zero-order valence-electron chi connectivity index (χ0n) is 15.8. The molecule has 0 spiro atoms. The van der Waals surface area contributed by atoms with Crippen LogP contribution in [0.5, 0.6) is 11.5 Å². The molecule has 134 valence electrons. The lowest BCUT2D eigenvalue weighted by atomic mass is 9.96. The maximum atomic E-state index is 12.5. The Labute approximate surface area is 150 Å². The van der Waals surface area contributed by atoms with Gasteiger partial charge in [0.2, 0.25) is 0 Å². The fraction of sp³-hybridized carbons (Fsp3) is 0.381. The number of aryl methyl sites for hydroxylation is 3. The molecule has 0 heterocycles. The third-order valence-corrected chi connectivity index (χ3v) is 4.45. The van der Waals surface area contributed by atoms with Crippen LogP contribution in [-0.4, -0.2) is 19.1 Å². The van der Waals surface area contributed by atoms with Crippen molar-refractivity contribution in [3.63, 3.8) is 0 Å². The Morgan fingerprint density at radius 2 is 1.48 bits per heavy atom. The number of hydrogen-bond acceptors (Lipinski definition) is 3. The lowest BCUT2D eigenvalue weighted by Gasteiger charge is -2.21. The van der Waals surface area contributed by atoms with Gasteiger partial charge in [0.25, 0.3) is 5.91 Å². The third kappa shape index (κ3) is 4.75. The Morgan fingerprint density at radius 3 is 2.08 bits per heavy atom. The van der Waals surface area contributed by atoms with E-state index in [0.717, 1.165) is 11.3 Å². The fourth-order valence-electron chi connectivity index (χ4n) is 2.77. The van der Waals surface area contributed by atoms with E-state index >= 15 is 0 Å². The summed E-state index contributed by atoms with van der Waals surface area (Å²) in [4.78, 5) is 12.5. The van der Waals surface area contributed by atoms with E-state index in [4.69, 9.17) is 9.47 Å². The summed E-state index contributed by atoms with van der Waals surface area (Å²) in [5.41, 5.74) is 4.80. The van der Waals surface area contributed by atoms with E-state index in [1.165, 1.54) is 16.7 Å². The Hall–Kier alpha value is -2.49. The molecule has 0 aliphatic heterocycles. The van der Waals surface area contributed by atoms with Gasteiger partial charge in [0.1, 0.15) is 11.5 Å². The summed E-state index contributed by atoms with van der Waals surface area (Å²) in [5.74, 6) is 1.25. The molecule has 4 nitrogen and oxygen atoms in total. The third-order valence-electron chi connectivity index (χ3n) is 4.45. The van der Waals surface area contributed by atoms with Gasteiger partial charge in [-0.3, -0.25) is 4.79 Å². The zero-order chi connectivity index (χ0) is 18.6. The van der Waals surface area contributed by atoms with Crippen molar-refractivity contribution < 1.29 is 14.3 Å². The number of amides is 1. The summed E-state index contributed by atoms with van der Waals surface area (Å²) in [6.45, 7) is 10.00. The van der Waals surface area contributed by atoms with E-state index < -0.39 is 6.10 Å². The fourth-order valence-corrected chi connectivity index (χ4v) is 2.77. The molecule has 0 bridgehead atoms. The Morgan fingerprint density at radius 1 is 0.920 bits per heavy atom. The molecule has 0 aromatic heterocycles. The number of benzene rings is 2. The van der Waals surface area contributed by atoms with E-state index in [1.54, 1.807) is 38.3 Å². The average molecular weight is 341 g/mol. The van der Waals surface area contributed by atoms with Crippen LogP contribution in [0.3, 0.4) is 0 Å². The van der Waals surface area contributed by atoms with Gasteiger partial charge in [0.05, 0.1) is 13.2 Å². The molecular weight excluding hydrogens is 314 g/mol. The molecule has 0 aliphatic carbocycles. The molecule has 25 heavy (non-hydrogen) atoms. The highest BCUT2D eigenvalue weighted by Gasteiger charge is 2.19. The van der Waals surface area contributed by atoms with Crippen molar-refractivity contribution >= 4 is 5.91 Å². The average Bonchev–Trinajstić information content (AvgIpc) is 2.58. The number of rotatable bonds is 6. The smallest absolute Gasteiger partial charge is 0.261 e. The van der Waals surface area contributed by atoms with Crippen molar-refractivity contribution in [2.75, 3.05) is 7.11 Å². The Kier molecular flexibility index (Phi) is 6.07. The molecule has 1 N–H and O–H groups in total. The molecule has 4 heteroatoms. The van der Waals surface area contributed by atoms with Gasteiger partial charge in [-0.2, -0.15) is 0 Å². The summed E-state index contributed by atoms with van der Waals surface area (Å²) in [6.07, 6.45) is -0.581. The van der Waals surface area contributed by atoms with Crippen LogP contribution in [0.2, 0.25) is 0 Å². The van der Waals surface area contributed by atoms with E-state index in [2.05, 4.69) is 38.2 Å². The second-order valence-electron chi connectivity index (χ2n) is 6.46. The molecule has 2 aromatic rings. The van der Waals surface area contributed by atoms with Crippen LogP contribution < -0.4 is 14.8 Å². The first-order valence-corrected chi connectivity index (χ1v) is 8.50. The topological polar surface area (TPSA) is 47.6 Å². The minimum atomic E-state index is -0.581. The number of methoxy groups -OCH3 is 1. The summed E-state index contributed by atoms with van der Waals surface area (Å²) in [7, 11) is 1.61. The van der Waals surface area contributed by atoms with Gasteiger partial charge in [-0.25, -0.2) is 0 Å². The lowest BCUT2D eigenvalue weighted by molar-refractivity contribution is -0.127. The van der Waals surface area contributed by atoms with Crippen LogP contribution >= 0.6 is 0 Å². The van der Waals surface area contributed by atoms with Gasteiger partial charge in [-0.15, -0.1) is 0 Å². The predicted octanol–water partition coefficient (Wildman–Crippen LogP) is 4.27. The molecule has 2 atom stereocenters. The van der Waals surface area contributed by atoms with Crippen LogP contribution in [0, 0.1) is 20.8 Å². The molecule has 0 aliphatic rings. The Bertz CT molecular complexity index is 738. The SMILES string of the molecule is COc1ccc(O[C@@H](C)C(=O)N[C@H](C)c2cc(C)c(C)cc2C)cc1. The zero-order valence-corrected chi connectivity index (χ0v) is 15.8. The quantitative estimate of drug-likeness (QED) is 0.854. The summed E-state index contributed by atoms with van der Waals surface area (Å²) in [5, 5.41) is 3.04. The van der Waals surface area contributed by atoms with Crippen molar-refractivity contribution in [2.45, 2.75) is 46.8 Å². The van der Waals surface area contributed by atoms with Crippen LogP contribution in [-0.2, 0) is 4.79 Å². The van der Waals surface area contributed by atoms with Gasteiger partial charge in [0.15, 0.2) is 6.10 Å². The first-order chi connectivity index (χ1) is 11.8. The van der Waals surface area contributed by atoms with Gasteiger partial charge in [-0.1, -0.05) is 12.1 Å². The van der Waals surface area contributed by atoms with E-state index in [9.17, 15) is 4.79 Å². The second kappa shape index (κ2) is 8.06. The first kappa shape index (κ1) is 18.8. The lowest BCUT2D eigenvalue weighted by Crippen LogP contribution is -2.38. The van der Waals surface area contributed by atoms with Gasteiger partial charge in [0, 0.05) is 0 Å². The molecule has 1 amide bonds. The molecule has 2 rings (SSSR count). The van der Waals surface area contributed by atoms with Crippen LogP contribution in [0.15, 0.2) is 36.4 Å². The largest absolute Gasteiger partial charge is 0.497 e. The molecular formula is C21H27NO3. The van der Waals surface area contributed by atoms with Crippen molar-refractivity contribution in [2.24, 2.45) is 0 Å². The molecule has 0 saturated heterocycles. The van der Waals surface area contributed by atoms with Crippen LogP contribution in [0.4, 0.5) is 0 Å². The molecule has 0 radical (unpaired) electrons. The number of carbonyl (C=O) groups is 1. The standard InChI is InChI=1S/C21H27NO3/c1-13-11-15(3)20(12-14(13)2)16(4)22-21(23)17(5)25-19-9-7-18(24-6)8-10-19/h7-12,16-17H,1-6H3,(H,22,23)/t16-,17+/m1/s1. The molecule has 0 fully saturated rings. The minimum Gasteiger partial charge on any atom is -0.497 e. The highest BCUT2D eigenvalue weighted by atomic mass is 16.5. The van der Waals surface area contributed by atoms with Gasteiger partial charge < -0.3 is 14.8 Å². The van der Waals surface area contributed by atoms with Crippen LogP contribution in [0.25, 0.3) is 0 Å². The van der Waals surface area contributed by atoms with Crippen LogP contribution in [0.1, 0.15) is 42.1 Å². The number of carbonyl (C=O) groups excluding carboxylic acids is 1. The molecule has 0 unspecified atom stereocenters. The normalized spacial score (nSPS) is 13.0. The highest BCUT2D eigenvalue weighted by molar-refractivity contribution is 5.81. The Balaban J connectivity index is 2.01. The number of hydrogen-bond donors (Lipinski definition) is 1. The van der Waals surface area contributed by atoms with E-state index in [1.807, 2.05) is 6.92 Å². The summed E-state index contributed by atoms with van der Waals surface area (Å²) in [6, 6.07) is 11.4. The maximum Gasteiger partial charge on any atom is 0.261 e. The van der Waals surface area contributed by atoms with Crippen molar-refractivity contribution in [3.05, 3.63) is 58.7 Å². The minimum absolute atomic E-state index is 0.0753. The van der Waals surface area contributed by atoms with Gasteiger partial charge in [-0.05, 0) is 81.1 Å². The second-order valence-corrected chi connectivity index (χ2v) is 6.46. The van der Waals surface area contributed by atoms with Crippen molar-refractivity contribution in [1.29, 1.82) is 0 Å². The summed E-state index contributed by atoms with van der Waals surface area (Å²) >= 11 is 0. The van der Waals surface area contributed by atoms with Gasteiger partial charge >= 0.3 is 0 Å². The first-order valence-electron chi connectivity index (χ1n) is 8.50. The molecule has 0 saturated carbocycles. The summed E-state index contributed by atoms with van der Waals surface area (Å²) < 4.78 is 10.8. The number of ether oxygens (including phenoxy) is 2. The molecule has 2 aromatic carbocycles. The van der Waals surface area contributed by atoms with E-state index in [0.29, 0.717) is 5.75 Å². The number of nitrogens with one attached hydrogen (secondary N) is 1. The van der Waals surface area contributed by atoms with Crippen molar-refractivity contribution in [3.8, 4) is 11.5 Å². The maximum absolute atomic E-state index is 12.5.